The van der Waals surface area contributed by atoms with E-state index >= 15 is 0 Å². The van der Waals surface area contributed by atoms with Crippen LogP contribution in [-0.4, -0.2) is 5.91 Å². The lowest BCUT2D eigenvalue weighted by Crippen LogP contribution is -2.14. The largest absolute Gasteiger partial charge is 0.398 e. The summed E-state index contributed by atoms with van der Waals surface area (Å²) in [6, 6.07) is 8.59. The summed E-state index contributed by atoms with van der Waals surface area (Å²) in [5.41, 5.74) is 8.99. The molecule has 0 spiro atoms. The number of nitrogen functional groups attached to an aromatic ring is 1. The summed E-state index contributed by atoms with van der Waals surface area (Å²) in [6.45, 7) is 3.76. The lowest BCUT2D eigenvalue weighted by Gasteiger charge is -2.11. The fraction of sp³-hybridized carbons (Fsp3) is 0.133. The quantitative estimate of drug-likeness (QED) is 0.806. The maximum absolute atomic E-state index is 12.2. The average Bonchev–Trinajstić information content (AvgIpc) is 2.35. The van der Waals surface area contributed by atoms with Crippen LogP contribution >= 0.6 is 23.2 Å². The third-order valence-corrected chi connectivity index (χ3v) is 3.67. The summed E-state index contributed by atoms with van der Waals surface area (Å²) in [5.74, 6) is -0.315. The number of anilines is 2. The first kappa shape index (κ1) is 14.7. The molecule has 0 bridgehead atoms. The average molecular weight is 309 g/mol. The van der Waals surface area contributed by atoms with Crippen molar-refractivity contribution in [2.45, 2.75) is 13.8 Å². The van der Waals surface area contributed by atoms with Crippen molar-refractivity contribution in [2.24, 2.45) is 0 Å². The summed E-state index contributed by atoms with van der Waals surface area (Å²) < 4.78 is 0. The van der Waals surface area contributed by atoms with Gasteiger partial charge in [-0.1, -0.05) is 29.3 Å². The highest BCUT2D eigenvalue weighted by Gasteiger charge is 2.12. The summed E-state index contributed by atoms with van der Waals surface area (Å²) in [5, 5.41) is 3.70. The van der Waals surface area contributed by atoms with Crippen LogP contribution in [0.4, 0.5) is 11.4 Å². The van der Waals surface area contributed by atoms with E-state index in [9.17, 15) is 4.79 Å². The zero-order valence-corrected chi connectivity index (χ0v) is 12.6. The minimum atomic E-state index is -0.315. The molecule has 104 valence electrons. The molecule has 0 unspecified atom stereocenters. The molecule has 2 aromatic carbocycles. The van der Waals surface area contributed by atoms with E-state index in [1.807, 2.05) is 19.9 Å². The van der Waals surface area contributed by atoms with Crippen molar-refractivity contribution in [1.29, 1.82) is 0 Å². The number of carbonyl (C=O) groups is 1. The molecular formula is C15H14Cl2N2O. The molecule has 0 atom stereocenters. The molecule has 0 aromatic heterocycles. The molecule has 0 aliphatic heterocycles. The monoisotopic (exact) mass is 308 g/mol. The lowest BCUT2D eigenvalue weighted by atomic mass is 10.1. The number of aryl methyl sites for hydroxylation is 2. The van der Waals surface area contributed by atoms with Gasteiger partial charge in [0, 0.05) is 10.7 Å². The van der Waals surface area contributed by atoms with Crippen molar-refractivity contribution in [3.8, 4) is 0 Å². The van der Waals surface area contributed by atoms with Gasteiger partial charge in [-0.2, -0.15) is 0 Å². The van der Waals surface area contributed by atoms with Crippen molar-refractivity contribution in [1.82, 2.24) is 0 Å². The topological polar surface area (TPSA) is 55.1 Å². The number of benzene rings is 2. The first-order valence-electron chi connectivity index (χ1n) is 6.01. The zero-order chi connectivity index (χ0) is 14.9. The number of halogens is 2. The van der Waals surface area contributed by atoms with Crippen LogP contribution in [0.5, 0.6) is 0 Å². The first-order chi connectivity index (χ1) is 9.38. The fourth-order valence-corrected chi connectivity index (χ4v) is 2.25. The SMILES string of the molecule is Cc1ccc(C(=O)Nc2cc(Cl)c(C)cc2Cl)c(N)c1. The molecule has 3 N–H and O–H groups in total. The molecular weight excluding hydrogens is 295 g/mol. The van der Waals surface area contributed by atoms with Gasteiger partial charge in [0.1, 0.15) is 0 Å². The minimum Gasteiger partial charge on any atom is -0.398 e. The summed E-state index contributed by atoms with van der Waals surface area (Å²) >= 11 is 12.1. The number of hydrogen-bond acceptors (Lipinski definition) is 2. The Morgan fingerprint density at radius 1 is 1.10 bits per heavy atom. The predicted molar refractivity (Wildman–Crippen MR) is 84.7 cm³/mol. The third kappa shape index (κ3) is 3.06. The third-order valence-electron chi connectivity index (χ3n) is 2.95. The Labute approximate surface area is 127 Å². The molecule has 0 fully saturated rings. The molecule has 3 nitrogen and oxygen atoms in total. The van der Waals surface area contributed by atoms with Crippen LogP contribution in [0.25, 0.3) is 0 Å². The van der Waals surface area contributed by atoms with Crippen LogP contribution < -0.4 is 11.1 Å². The Kier molecular flexibility index (Phi) is 4.21. The molecule has 0 radical (unpaired) electrons. The van der Waals surface area contributed by atoms with Crippen LogP contribution in [0, 0.1) is 13.8 Å². The van der Waals surface area contributed by atoms with Gasteiger partial charge < -0.3 is 11.1 Å². The number of nitrogens with two attached hydrogens (primary N) is 1. The molecule has 0 saturated carbocycles. The molecule has 0 saturated heterocycles. The van der Waals surface area contributed by atoms with Crippen LogP contribution in [0.15, 0.2) is 30.3 Å². The van der Waals surface area contributed by atoms with Gasteiger partial charge in [-0.05, 0) is 49.2 Å². The second-order valence-electron chi connectivity index (χ2n) is 4.63. The van der Waals surface area contributed by atoms with Crippen molar-refractivity contribution in [2.75, 3.05) is 11.1 Å². The molecule has 2 aromatic rings. The van der Waals surface area contributed by atoms with Crippen molar-refractivity contribution in [3.05, 3.63) is 57.1 Å². The van der Waals surface area contributed by atoms with Crippen LogP contribution in [0.2, 0.25) is 10.0 Å². The highest BCUT2D eigenvalue weighted by Crippen LogP contribution is 2.29. The molecule has 20 heavy (non-hydrogen) atoms. The van der Waals surface area contributed by atoms with E-state index < -0.39 is 0 Å². The second kappa shape index (κ2) is 5.73. The van der Waals surface area contributed by atoms with Crippen LogP contribution in [0.3, 0.4) is 0 Å². The molecule has 0 aliphatic rings. The zero-order valence-electron chi connectivity index (χ0n) is 11.1. The minimum absolute atomic E-state index is 0.315. The van der Waals surface area contributed by atoms with E-state index in [-0.39, 0.29) is 5.91 Å². The van der Waals surface area contributed by atoms with Gasteiger partial charge in [0.05, 0.1) is 16.3 Å². The molecule has 0 aliphatic carbocycles. The van der Waals surface area contributed by atoms with Gasteiger partial charge in [-0.25, -0.2) is 0 Å². The molecule has 0 heterocycles. The van der Waals surface area contributed by atoms with E-state index in [0.29, 0.717) is 27.0 Å². The Balaban J connectivity index is 2.30. The van der Waals surface area contributed by atoms with Crippen LogP contribution in [-0.2, 0) is 0 Å². The summed E-state index contributed by atoms with van der Waals surface area (Å²) in [7, 11) is 0. The summed E-state index contributed by atoms with van der Waals surface area (Å²) in [4.78, 5) is 12.2. The second-order valence-corrected chi connectivity index (χ2v) is 5.44. The van der Waals surface area contributed by atoms with Gasteiger partial charge in [-0.15, -0.1) is 0 Å². The fourth-order valence-electron chi connectivity index (χ4n) is 1.82. The number of amides is 1. The highest BCUT2D eigenvalue weighted by atomic mass is 35.5. The van der Waals surface area contributed by atoms with Crippen molar-refractivity contribution < 1.29 is 4.79 Å². The van der Waals surface area contributed by atoms with Gasteiger partial charge in [0.25, 0.3) is 5.91 Å². The number of hydrogen-bond donors (Lipinski definition) is 2. The molecule has 5 heteroatoms. The van der Waals surface area contributed by atoms with Gasteiger partial charge in [0.2, 0.25) is 0 Å². The van der Waals surface area contributed by atoms with Crippen molar-refractivity contribution in [3.63, 3.8) is 0 Å². The van der Waals surface area contributed by atoms with E-state index in [1.165, 1.54) is 0 Å². The maximum atomic E-state index is 12.2. The highest BCUT2D eigenvalue weighted by molar-refractivity contribution is 6.36. The normalized spacial score (nSPS) is 10.4. The van der Waals surface area contributed by atoms with Crippen LogP contribution in [0.1, 0.15) is 21.5 Å². The Morgan fingerprint density at radius 3 is 2.45 bits per heavy atom. The Bertz CT molecular complexity index is 684. The standard InChI is InChI=1S/C15H14Cl2N2O/c1-8-3-4-10(13(18)5-8)15(20)19-14-7-11(16)9(2)6-12(14)17/h3-7H,18H2,1-2H3,(H,19,20). The first-order valence-corrected chi connectivity index (χ1v) is 6.77. The number of rotatable bonds is 2. The van der Waals surface area contributed by atoms with Gasteiger partial charge in [0.15, 0.2) is 0 Å². The molecule has 2 rings (SSSR count). The lowest BCUT2D eigenvalue weighted by molar-refractivity contribution is 0.102. The van der Waals surface area contributed by atoms with Gasteiger partial charge >= 0.3 is 0 Å². The number of nitrogens with one attached hydrogen (secondary N) is 1. The van der Waals surface area contributed by atoms with E-state index in [1.54, 1.807) is 24.3 Å². The smallest absolute Gasteiger partial charge is 0.257 e. The van der Waals surface area contributed by atoms with E-state index in [4.69, 9.17) is 28.9 Å². The number of carbonyl (C=O) groups excluding carboxylic acids is 1. The van der Waals surface area contributed by atoms with Gasteiger partial charge in [-0.3, -0.25) is 4.79 Å². The van der Waals surface area contributed by atoms with Crippen molar-refractivity contribution >= 4 is 40.5 Å². The van der Waals surface area contributed by atoms with E-state index in [0.717, 1.165) is 11.1 Å². The predicted octanol–water partition coefficient (Wildman–Crippen LogP) is 4.44. The summed E-state index contributed by atoms with van der Waals surface area (Å²) in [6.07, 6.45) is 0. The maximum Gasteiger partial charge on any atom is 0.257 e. The Hall–Kier alpha value is -1.71. The Morgan fingerprint density at radius 2 is 1.80 bits per heavy atom. The molecule has 1 amide bonds. The van der Waals surface area contributed by atoms with E-state index in [2.05, 4.69) is 5.32 Å².